The predicted molar refractivity (Wildman–Crippen MR) is 62.5 cm³/mol. The van der Waals surface area contributed by atoms with Gasteiger partial charge >= 0.3 is 0 Å². The smallest absolute Gasteiger partial charge is 0.295 e. The molecule has 0 radical (unpaired) electrons. The Hall–Kier alpha value is -1.69. The fraction of sp³-hybridized carbons (Fsp3) is 0.455. The first-order valence-electron chi connectivity index (χ1n) is 5.36. The Bertz CT molecular complexity index is 398. The Labute approximate surface area is 98.4 Å². The molecule has 0 heterocycles. The standard InChI is InChI=1S/C11H15FN2O3/c1-8(3-2-6-15)13-10-5-4-9(12)7-11(10)14(16)17/h4-5,7-8,13,15H,2-3,6H2,1H3. The van der Waals surface area contributed by atoms with Crippen LogP contribution in [0.5, 0.6) is 0 Å². The van der Waals surface area contributed by atoms with Gasteiger partial charge in [-0.3, -0.25) is 10.1 Å². The molecule has 0 aliphatic rings. The Morgan fingerprint density at radius 1 is 1.59 bits per heavy atom. The van der Waals surface area contributed by atoms with Crippen molar-refractivity contribution in [2.24, 2.45) is 0 Å². The number of nitrogens with zero attached hydrogens (tertiary/aromatic N) is 1. The quantitative estimate of drug-likeness (QED) is 0.593. The summed E-state index contributed by atoms with van der Waals surface area (Å²) in [7, 11) is 0. The van der Waals surface area contributed by atoms with Crippen molar-refractivity contribution < 1.29 is 14.4 Å². The number of rotatable bonds is 6. The molecule has 0 amide bonds. The summed E-state index contributed by atoms with van der Waals surface area (Å²) in [6.45, 7) is 1.93. The van der Waals surface area contributed by atoms with E-state index in [1.807, 2.05) is 6.92 Å². The number of halogens is 1. The van der Waals surface area contributed by atoms with Crippen molar-refractivity contribution in [3.63, 3.8) is 0 Å². The molecule has 5 nitrogen and oxygen atoms in total. The van der Waals surface area contributed by atoms with E-state index in [4.69, 9.17) is 5.11 Å². The van der Waals surface area contributed by atoms with Gasteiger partial charge in [0.25, 0.3) is 5.69 Å². The SMILES string of the molecule is CC(CCCO)Nc1ccc(F)cc1[N+](=O)[O-]. The third kappa shape index (κ3) is 3.99. The summed E-state index contributed by atoms with van der Waals surface area (Å²) < 4.78 is 12.9. The third-order valence-electron chi connectivity index (χ3n) is 2.35. The number of nitro groups is 1. The monoisotopic (exact) mass is 242 g/mol. The molecule has 94 valence electrons. The number of anilines is 1. The zero-order valence-corrected chi connectivity index (χ0v) is 9.52. The van der Waals surface area contributed by atoms with Crippen molar-refractivity contribution in [1.82, 2.24) is 0 Å². The van der Waals surface area contributed by atoms with Gasteiger partial charge in [0.2, 0.25) is 0 Å². The van der Waals surface area contributed by atoms with Gasteiger partial charge in [0.05, 0.1) is 11.0 Å². The lowest BCUT2D eigenvalue weighted by Gasteiger charge is -2.14. The van der Waals surface area contributed by atoms with Gasteiger partial charge < -0.3 is 10.4 Å². The third-order valence-corrected chi connectivity index (χ3v) is 2.35. The second-order valence-corrected chi connectivity index (χ2v) is 3.83. The highest BCUT2D eigenvalue weighted by molar-refractivity contribution is 5.61. The second-order valence-electron chi connectivity index (χ2n) is 3.83. The van der Waals surface area contributed by atoms with Gasteiger partial charge in [-0.15, -0.1) is 0 Å². The normalized spacial score (nSPS) is 12.2. The van der Waals surface area contributed by atoms with E-state index in [9.17, 15) is 14.5 Å². The molecule has 1 atom stereocenters. The molecule has 1 unspecified atom stereocenters. The fourth-order valence-electron chi connectivity index (χ4n) is 1.51. The molecule has 0 aliphatic carbocycles. The summed E-state index contributed by atoms with van der Waals surface area (Å²) in [5, 5.41) is 22.3. The summed E-state index contributed by atoms with van der Waals surface area (Å²) in [5.74, 6) is -0.634. The number of aliphatic hydroxyl groups is 1. The van der Waals surface area contributed by atoms with Crippen molar-refractivity contribution in [3.8, 4) is 0 Å². The van der Waals surface area contributed by atoms with Gasteiger partial charge in [0.15, 0.2) is 0 Å². The maximum Gasteiger partial charge on any atom is 0.295 e. The molecule has 0 fully saturated rings. The van der Waals surface area contributed by atoms with Crippen LogP contribution in [0.2, 0.25) is 0 Å². The van der Waals surface area contributed by atoms with Crippen molar-refractivity contribution in [3.05, 3.63) is 34.1 Å². The largest absolute Gasteiger partial charge is 0.396 e. The minimum atomic E-state index is -0.634. The molecular formula is C11H15FN2O3. The number of nitro benzene ring substituents is 1. The Kier molecular flexibility index (Phi) is 4.84. The minimum Gasteiger partial charge on any atom is -0.396 e. The molecule has 1 aromatic rings. The average Bonchev–Trinajstić information content (AvgIpc) is 2.28. The van der Waals surface area contributed by atoms with Crippen LogP contribution in [0.15, 0.2) is 18.2 Å². The molecule has 0 aromatic heterocycles. The van der Waals surface area contributed by atoms with Crippen molar-refractivity contribution in [1.29, 1.82) is 0 Å². The maximum atomic E-state index is 12.9. The maximum absolute atomic E-state index is 12.9. The first-order valence-corrected chi connectivity index (χ1v) is 5.36. The highest BCUT2D eigenvalue weighted by Gasteiger charge is 2.16. The van der Waals surface area contributed by atoms with Gasteiger partial charge in [-0.05, 0) is 31.9 Å². The number of aliphatic hydroxyl groups excluding tert-OH is 1. The Morgan fingerprint density at radius 3 is 2.88 bits per heavy atom. The van der Waals surface area contributed by atoms with Crippen molar-refractivity contribution >= 4 is 11.4 Å². The second kappa shape index (κ2) is 6.15. The molecule has 6 heteroatoms. The van der Waals surface area contributed by atoms with E-state index in [1.165, 1.54) is 12.1 Å². The molecular weight excluding hydrogens is 227 g/mol. The summed E-state index contributed by atoms with van der Waals surface area (Å²) in [6.07, 6.45) is 1.30. The van der Waals surface area contributed by atoms with Crippen LogP contribution in [0, 0.1) is 15.9 Å². The molecule has 1 aromatic carbocycles. The van der Waals surface area contributed by atoms with Crippen LogP contribution in [0.4, 0.5) is 15.8 Å². The zero-order chi connectivity index (χ0) is 12.8. The van der Waals surface area contributed by atoms with Gasteiger partial charge in [0.1, 0.15) is 11.5 Å². The molecule has 0 saturated heterocycles. The Morgan fingerprint density at radius 2 is 2.29 bits per heavy atom. The van der Waals surface area contributed by atoms with E-state index in [0.717, 1.165) is 6.07 Å². The van der Waals surface area contributed by atoms with Gasteiger partial charge in [-0.25, -0.2) is 4.39 Å². The Balaban J connectivity index is 2.79. The molecule has 1 rings (SSSR count). The van der Waals surface area contributed by atoms with Gasteiger partial charge in [0, 0.05) is 12.6 Å². The van der Waals surface area contributed by atoms with Crippen molar-refractivity contribution in [2.75, 3.05) is 11.9 Å². The molecule has 2 N–H and O–H groups in total. The molecule has 0 saturated carbocycles. The lowest BCUT2D eigenvalue weighted by molar-refractivity contribution is -0.384. The van der Waals surface area contributed by atoms with E-state index in [-0.39, 0.29) is 18.3 Å². The number of benzene rings is 1. The highest BCUT2D eigenvalue weighted by atomic mass is 19.1. The van der Waals surface area contributed by atoms with Crippen LogP contribution in [0.3, 0.4) is 0 Å². The number of nitrogens with one attached hydrogen (secondary N) is 1. The molecule has 0 aliphatic heterocycles. The molecule has 0 bridgehead atoms. The van der Waals surface area contributed by atoms with E-state index in [2.05, 4.69) is 5.32 Å². The van der Waals surface area contributed by atoms with Gasteiger partial charge in [-0.1, -0.05) is 0 Å². The lowest BCUT2D eigenvalue weighted by atomic mass is 10.1. The van der Waals surface area contributed by atoms with E-state index in [1.54, 1.807) is 0 Å². The van der Waals surface area contributed by atoms with Crippen LogP contribution in [0.1, 0.15) is 19.8 Å². The summed E-state index contributed by atoms with van der Waals surface area (Å²) in [6, 6.07) is 3.39. The highest BCUT2D eigenvalue weighted by Crippen LogP contribution is 2.26. The first-order chi connectivity index (χ1) is 8.04. The van der Waals surface area contributed by atoms with Crippen molar-refractivity contribution in [2.45, 2.75) is 25.8 Å². The van der Waals surface area contributed by atoms with Crippen LogP contribution in [0.25, 0.3) is 0 Å². The molecule has 0 spiro atoms. The van der Waals surface area contributed by atoms with Crippen LogP contribution >= 0.6 is 0 Å². The summed E-state index contributed by atoms with van der Waals surface area (Å²) in [4.78, 5) is 10.1. The first kappa shape index (κ1) is 13.4. The van der Waals surface area contributed by atoms with E-state index < -0.39 is 10.7 Å². The summed E-state index contributed by atoms with van der Waals surface area (Å²) >= 11 is 0. The number of hydrogen-bond donors (Lipinski definition) is 2. The summed E-state index contributed by atoms with van der Waals surface area (Å²) in [5.41, 5.74) is 0.0164. The average molecular weight is 242 g/mol. The fourth-order valence-corrected chi connectivity index (χ4v) is 1.51. The van der Waals surface area contributed by atoms with Gasteiger partial charge in [-0.2, -0.15) is 0 Å². The van der Waals surface area contributed by atoms with Crippen LogP contribution in [-0.4, -0.2) is 22.7 Å². The van der Waals surface area contributed by atoms with E-state index >= 15 is 0 Å². The minimum absolute atomic E-state index is 0.0219. The van der Waals surface area contributed by atoms with Crippen LogP contribution in [-0.2, 0) is 0 Å². The zero-order valence-electron chi connectivity index (χ0n) is 9.52. The van der Waals surface area contributed by atoms with Crippen LogP contribution < -0.4 is 5.32 Å². The van der Waals surface area contributed by atoms with E-state index in [0.29, 0.717) is 18.5 Å². The topological polar surface area (TPSA) is 75.4 Å². The lowest BCUT2D eigenvalue weighted by Crippen LogP contribution is -2.16. The number of hydrogen-bond acceptors (Lipinski definition) is 4. The predicted octanol–water partition coefficient (Wildman–Crippen LogP) is 2.31. The molecule has 17 heavy (non-hydrogen) atoms.